The highest BCUT2D eigenvalue weighted by molar-refractivity contribution is 5.98. The van der Waals surface area contributed by atoms with Crippen LogP contribution in [0.15, 0.2) is 33.9 Å². The predicted octanol–water partition coefficient (Wildman–Crippen LogP) is 1.92. The number of nitrogens with one attached hydrogen (secondary N) is 1. The number of halogens is 1. The number of rotatable bonds is 3. The zero-order valence-electron chi connectivity index (χ0n) is 10.9. The van der Waals surface area contributed by atoms with Gasteiger partial charge in [-0.1, -0.05) is 0 Å². The second-order valence-electron chi connectivity index (χ2n) is 4.16. The fourth-order valence-corrected chi connectivity index (χ4v) is 2.29. The van der Waals surface area contributed by atoms with Crippen molar-refractivity contribution in [3.8, 4) is 11.5 Å². The Balaban J connectivity index is 0.00000161. The zero-order chi connectivity index (χ0) is 14.1. The maximum Gasteiger partial charge on any atom is 0.273 e. The molecule has 3 aromatic rings. The van der Waals surface area contributed by atoms with Gasteiger partial charge in [-0.15, -0.1) is 12.4 Å². The van der Waals surface area contributed by atoms with E-state index in [4.69, 9.17) is 16.7 Å². The summed E-state index contributed by atoms with van der Waals surface area (Å²) in [6.45, 7) is 8.11. The molecule has 0 radical (unpaired) electrons. The fourth-order valence-electron chi connectivity index (χ4n) is 2.29. The molecule has 0 aromatic carbocycles. The van der Waals surface area contributed by atoms with Gasteiger partial charge in [-0.05, 0) is 12.1 Å². The van der Waals surface area contributed by atoms with Crippen LogP contribution in [0.1, 0.15) is 0 Å². The first kappa shape index (κ1) is 14.8. The van der Waals surface area contributed by atoms with Gasteiger partial charge in [0.2, 0.25) is 5.69 Å². The minimum Gasteiger partial charge on any atom is -0.464 e. The second-order valence-corrected chi connectivity index (χ2v) is 4.16. The average molecular weight is 306 g/mol. The van der Waals surface area contributed by atoms with Crippen molar-refractivity contribution in [3.05, 3.63) is 46.5 Å². The summed E-state index contributed by atoms with van der Waals surface area (Å²) in [7, 11) is 0. The number of hydrogen-bond acceptors (Lipinski definition) is 4. The van der Waals surface area contributed by atoms with Crippen molar-refractivity contribution < 1.29 is 4.42 Å². The third kappa shape index (κ3) is 2.20. The number of nitrogens with zero attached hydrogens (tertiary/aromatic N) is 3. The molecule has 0 saturated carbocycles. The third-order valence-corrected chi connectivity index (χ3v) is 3.04. The highest BCUT2D eigenvalue weighted by atomic mass is 35.5. The molecule has 0 aliphatic carbocycles. The number of fused-ring (bicyclic) bond motifs is 1. The molecular weight excluding hydrogens is 294 g/mol. The number of hydrogen-bond donors (Lipinski definition) is 2. The van der Waals surface area contributed by atoms with Crippen molar-refractivity contribution in [1.82, 2.24) is 14.5 Å². The minimum atomic E-state index is -0.300. The summed E-state index contributed by atoms with van der Waals surface area (Å²) in [5.74, 6) is 0.516. The van der Waals surface area contributed by atoms with Crippen LogP contribution in [0.5, 0.6) is 0 Å². The van der Waals surface area contributed by atoms with Gasteiger partial charge in [-0.2, -0.15) is 0 Å². The molecule has 0 aliphatic heterocycles. The van der Waals surface area contributed by atoms with E-state index in [2.05, 4.69) is 14.8 Å². The van der Waals surface area contributed by atoms with E-state index >= 15 is 0 Å². The van der Waals surface area contributed by atoms with E-state index in [1.807, 2.05) is 0 Å². The average Bonchev–Trinajstić information content (AvgIpc) is 3.05. The Kier molecular flexibility index (Phi) is 4.12. The van der Waals surface area contributed by atoms with Gasteiger partial charge in [0, 0.05) is 13.1 Å². The zero-order valence-corrected chi connectivity index (χ0v) is 11.7. The summed E-state index contributed by atoms with van der Waals surface area (Å²) >= 11 is 0. The molecule has 0 atom stereocenters. The lowest BCUT2D eigenvalue weighted by atomic mass is 10.3. The van der Waals surface area contributed by atoms with Gasteiger partial charge in [0.15, 0.2) is 0 Å². The third-order valence-electron chi connectivity index (χ3n) is 3.04. The molecule has 3 aromatic heterocycles. The Bertz CT molecular complexity index is 857. The van der Waals surface area contributed by atoms with E-state index in [0.717, 1.165) is 0 Å². The van der Waals surface area contributed by atoms with Crippen LogP contribution in [0.3, 0.4) is 0 Å². The summed E-state index contributed by atoms with van der Waals surface area (Å²) in [5.41, 5.74) is 6.86. The Morgan fingerprint density at radius 3 is 2.95 bits per heavy atom. The van der Waals surface area contributed by atoms with Crippen LogP contribution in [0.2, 0.25) is 0 Å². The van der Waals surface area contributed by atoms with Crippen LogP contribution in [-0.2, 0) is 6.54 Å². The van der Waals surface area contributed by atoms with E-state index in [1.165, 1.54) is 12.6 Å². The topological polar surface area (TPSA) is 94.2 Å². The molecule has 8 heteroatoms. The van der Waals surface area contributed by atoms with Gasteiger partial charge in [-0.25, -0.2) is 9.83 Å². The van der Waals surface area contributed by atoms with Crippen LogP contribution < -0.4 is 11.3 Å². The normalized spacial score (nSPS) is 10.3. The van der Waals surface area contributed by atoms with Crippen LogP contribution in [0.4, 0.5) is 5.69 Å². The van der Waals surface area contributed by atoms with E-state index in [-0.39, 0.29) is 18.0 Å². The van der Waals surface area contributed by atoms with Crippen LogP contribution in [0.25, 0.3) is 27.3 Å². The molecule has 21 heavy (non-hydrogen) atoms. The molecule has 0 bridgehead atoms. The number of furan rings is 1. The monoisotopic (exact) mass is 305 g/mol. The van der Waals surface area contributed by atoms with E-state index in [1.54, 1.807) is 16.7 Å². The Hall–Kier alpha value is -2.56. The molecule has 3 heterocycles. The van der Waals surface area contributed by atoms with Crippen molar-refractivity contribution in [1.29, 1.82) is 0 Å². The first-order valence-corrected chi connectivity index (χ1v) is 5.99. The maximum absolute atomic E-state index is 12.0. The molecule has 0 fully saturated rings. The highest BCUT2D eigenvalue weighted by Crippen LogP contribution is 2.38. The van der Waals surface area contributed by atoms with Crippen molar-refractivity contribution >= 4 is 29.1 Å². The molecular formula is C13H12ClN5O2. The highest BCUT2D eigenvalue weighted by Gasteiger charge is 2.23. The lowest BCUT2D eigenvalue weighted by molar-refractivity contribution is 0.573. The van der Waals surface area contributed by atoms with Crippen molar-refractivity contribution in [2.24, 2.45) is 5.73 Å². The number of H-pyrrole nitrogens is 1. The molecule has 7 nitrogen and oxygen atoms in total. The molecule has 0 unspecified atom stereocenters. The summed E-state index contributed by atoms with van der Waals surface area (Å²) in [6.07, 6.45) is 2.81. The van der Waals surface area contributed by atoms with E-state index < -0.39 is 0 Å². The molecule has 0 spiro atoms. The van der Waals surface area contributed by atoms with Gasteiger partial charge in [-0.3, -0.25) is 4.79 Å². The largest absolute Gasteiger partial charge is 0.464 e. The van der Waals surface area contributed by atoms with Gasteiger partial charge < -0.3 is 19.7 Å². The van der Waals surface area contributed by atoms with Crippen LogP contribution >= 0.6 is 12.4 Å². The Morgan fingerprint density at radius 1 is 1.52 bits per heavy atom. The summed E-state index contributed by atoms with van der Waals surface area (Å²) in [6, 6.07) is 3.47. The second kappa shape index (κ2) is 5.83. The first-order chi connectivity index (χ1) is 9.77. The number of nitrogens with two attached hydrogens (primary N) is 1. The Labute approximate surface area is 125 Å². The number of aromatic nitrogens is 3. The predicted molar refractivity (Wildman–Crippen MR) is 80.6 cm³/mol. The molecule has 0 saturated heterocycles. The first-order valence-electron chi connectivity index (χ1n) is 5.99. The standard InChI is InChI=1S/C13H11N5O2.ClH/c1-15-9-10-12(13(19)17-7-16-10)18(5-4-14)11(9)8-3-2-6-20-8;/h2-3,6-7H,4-5,14H2,(H,16,17,19);1H. The lowest BCUT2D eigenvalue weighted by Gasteiger charge is -2.07. The Morgan fingerprint density at radius 2 is 2.33 bits per heavy atom. The van der Waals surface area contributed by atoms with Crippen LogP contribution in [0, 0.1) is 6.57 Å². The summed E-state index contributed by atoms with van der Waals surface area (Å²) in [4.78, 5) is 22.2. The van der Waals surface area contributed by atoms with Crippen molar-refractivity contribution in [3.63, 3.8) is 0 Å². The SMILES string of the molecule is Cl.[C-]#[N+]c1c(-c2ccco2)n(CCN)c2c(=O)[nH]cnc12. The van der Waals surface area contributed by atoms with Crippen molar-refractivity contribution in [2.45, 2.75) is 6.54 Å². The molecule has 108 valence electrons. The lowest BCUT2D eigenvalue weighted by Crippen LogP contribution is -2.16. The smallest absolute Gasteiger partial charge is 0.273 e. The molecule has 3 N–H and O–H groups in total. The minimum absolute atomic E-state index is 0. The van der Waals surface area contributed by atoms with Crippen LogP contribution in [-0.4, -0.2) is 21.1 Å². The van der Waals surface area contributed by atoms with Crippen molar-refractivity contribution in [2.75, 3.05) is 6.54 Å². The van der Waals surface area contributed by atoms with Gasteiger partial charge in [0.25, 0.3) is 5.56 Å². The summed E-state index contributed by atoms with van der Waals surface area (Å²) in [5, 5.41) is 0. The number of aromatic amines is 1. The summed E-state index contributed by atoms with van der Waals surface area (Å²) < 4.78 is 7.06. The van der Waals surface area contributed by atoms with Gasteiger partial charge in [0.05, 0.1) is 24.9 Å². The van der Waals surface area contributed by atoms with E-state index in [0.29, 0.717) is 41.3 Å². The van der Waals surface area contributed by atoms with Gasteiger partial charge in [0.1, 0.15) is 16.8 Å². The van der Waals surface area contributed by atoms with Gasteiger partial charge >= 0.3 is 0 Å². The molecule has 0 aliphatic rings. The van der Waals surface area contributed by atoms with E-state index in [9.17, 15) is 4.79 Å². The molecule has 3 rings (SSSR count). The quantitative estimate of drug-likeness (QED) is 0.723. The fraction of sp³-hybridized carbons (Fsp3) is 0.154. The maximum atomic E-state index is 12.0. The molecule has 0 amide bonds.